The molecule has 4 amide bonds. The average Bonchev–Trinajstić information content (AvgIpc) is 2.83. The average molecular weight is 337 g/mol. The maximum atomic E-state index is 13.0. The normalized spacial score (nSPS) is 28.4. The number of fused-ring (bicyclic) bond motifs is 1. The van der Waals surface area contributed by atoms with E-state index < -0.39 is 17.4 Å². The molecule has 2 aliphatic heterocycles. The van der Waals surface area contributed by atoms with Gasteiger partial charge in [-0.2, -0.15) is 5.43 Å². The van der Waals surface area contributed by atoms with E-state index in [-0.39, 0.29) is 6.03 Å². The minimum absolute atomic E-state index is 0.204. The number of hydrazine groups is 1. The fourth-order valence-corrected chi connectivity index (χ4v) is 4.00. The molecular weight excluding hydrogens is 318 g/mol. The van der Waals surface area contributed by atoms with Crippen molar-refractivity contribution in [2.75, 3.05) is 14.1 Å². The van der Waals surface area contributed by atoms with E-state index in [4.69, 9.17) is 0 Å². The zero-order chi connectivity index (χ0) is 17.7. The molecule has 2 saturated heterocycles. The van der Waals surface area contributed by atoms with Crippen LogP contribution in [0, 0.1) is 0 Å². The maximum Gasteiger partial charge on any atom is 0.331 e. The summed E-state index contributed by atoms with van der Waals surface area (Å²) in [7, 11) is 3.42. The monoisotopic (exact) mass is 337 g/mol. The van der Waals surface area contributed by atoms with Crippen LogP contribution in [0.4, 0.5) is 9.59 Å². The first-order valence-corrected chi connectivity index (χ1v) is 8.02. The van der Waals surface area contributed by atoms with Crippen molar-refractivity contribution in [3.8, 4) is 0 Å². The quantitative estimate of drug-likeness (QED) is 0.777. The molecule has 2 aromatic rings. The van der Waals surface area contributed by atoms with Gasteiger partial charge in [-0.1, -0.05) is 60.7 Å². The first kappa shape index (κ1) is 15.5. The van der Waals surface area contributed by atoms with Gasteiger partial charge in [-0.3, -0.25) is 15.2 Å². The lowest BCUT2D eigenvalue weighted by Gasteiger charge is -2.52. The van der Waals surface area contributed by atoms with Crippen molar-refractivity contribution in [2.45, 2.75) is 11.3 Å². The summed E-state index contributed by atoms with van der Waals surface area (Å²) in [5.41, 5.74) is 5.28. The number of benzene rings is 2. The molecule has 0 spiro atoms. The van der Waals surface area contributed by atoms with Crippen LogP contribution >= 0.6 is 0 Å². The highest BCUT2D eigenvalue weighted by Crippen LogP contribution is 2.50. The SMILES string of the molecule is CN1C(=O)N(C)[C@@]2(c3ccccc3)NC(=O)NN[C@]12c1ccccc1. The second kappa shape index (κ2) is 5.22. The third-order valence-electron chi connectivity index (χ3n) is 5.14. The number of carbonyl (C=O) groups is 2. The molecular formula is C18H19N5O2. The Labute approximate surface area is 145 Å². The van der Waals surface area contributed by atoms with E-state index in [0.717, 1.165) is 11.1 Å². The van der Waals surface area contributed by atoms with Crippen LogP contribution in [0.25, 0.3) is 0 Å². The molecule has 0 radical (unpaired) electrons. The minimum Gasteiger partial charge on any atom is -0.306 e. The number of rotatable bonds is 2. The zero-order valence-corrected chi connectivity index (χ0v) is 14.0. The molecule has 7 heteroatoms. The molecule has 2 fully saturated rings. The molecule has 7 nitrogen and oxygen atoms in total. The maximum absolute atomic E-state index is 13.0. The molecule has 25 heavy (non-hydrogen) atoms. The van der Waals surface area contributed by atoms with E-state index in [0.29, 0.717) is 0 Å². The molecule has 2 heterocycles. The molecule has 0 saturated carbocycles. The second-order valence-electron chi connectivity index (χ2n) is 6.26. The van der Waals surface area contributed by atoms with Gasteiger partial charge in [-0.25, -0.2) is 9.59 Å². The molecule has 0 unspecified atom stereocenters. The molecule has 3 N–H and O–H groups in total. The lowest BCUT2D eigenvalue weighted by Crippen LogP contribution is -2.79. The summed E-state index contributed by atoms with van der Waals surface area (Å²) >= 11 is 0. The third-order valence-corrected chi connectivity index (χ3v) is 5.14. The van der Waals surface area contributed by atoms with Gasteiger partial charge in [0, 0.05) is 19.7 Å². The van der Waals surface area contributed by atoms with Crippen LogP contribution in [0.5, 0.6) is 0 Å². The highest BCUT2D eigenvalue weighted by Gasteiger charge is 2.69. The predicted octanol–water partition coefficient (Wildman–Crippen LogP) is 1.51. The standard InChI is InChI=1S/C18H19N5O2/c1-22-16(25)23(2)18(14-11-7-4-8-12-14)17(22,19-15(24)20-21-18)13-9-5-3-6-10-13/h3-12,21H,1-2H3,(H2,19,20,24)/t17-,18-/m1/s1. The summed E-state index contributed by atoms with van der Waals surface area (Å²) in [6, 6.07) is 18.5. The van der Waals surface area contributed by atoms with Crippen LogP contribution in [0.15, 0.2) is 60.7 Å². The van der Waals surface area contributed by atoms with Crippen molar-refractivity contribution < 1.29 is 9.59 Å². The van der Waals surface area contributed by atoms with Gasteiger partial charge in [0.15, 0.2) is 11.3 Å². The van der Waals surface area contributed by atoms with Gasteiger partial charge in [0.25, 0.3) is 0 Å². The third kappa shape index (κ3) is 1.78. The van der Waals surface area contributed by atoms with E-state index in [1.165, 1.54) is 0 Å². The Balaban J connectivity index is 2.06. The van der Waals surface area contributed by atoms with Crippen LogP contribution in [-0.2, 0) is 11.3 Å². The number of carbonyl (C=O) groups excluding carboxylic acids is 2. The van der Waals surface area contributed by atoms with Crippen LogP contribution in [0.1, 0.15) is 11.1 Å². The smallest absolute Gasteiger partial charge is 0.306 e. The van der Waals surface area contributed by atoms with Gasteiger partial charge in [-0.15, -0.1) is 0 Å². The number of nitrogens with one attached hydrogen (secondary N) is 3. The largest absolute Gasteiger partial charge is 0.331 e. The van der Waals surface area contributed by atoms with Gasteiger partial charge in [0.2, 0.25) is 0 Å². The highest BCUT2D eigenvalue weighted by molar-refractivity contribution is 5.85. The van der Waals surface area contributed by atoms with Gasteiger partial charge in [0.1, 0.15) is 0 Å². The van der Waals surface area contributed by atoms with Gasteiger partial charge >= 0.3 is 12.1 Å². The molecule has 2 aliphatic rings. The summed E-state index contributed by atoms with van der Waals surface area (Å²) in [5, 5.41) is 3.01. The van der Waals surface area contributed by atoms with Crippen molar-refractivity contribution in [1.82, 2.24) is 26.0 Å². The van der Waals surface area contributed by atoms with Gasteiger partial charge in [0.05, 0.1) is 0 Å². The Bertz CT molecular complexity index is 828. The van der Waals surface area contributed by atoms with Gasteiger partial charge in [-0.05, 0) is 5.56 Å². The van der Waals surface area contributed by atoms with Crippen molar-refractivity contribution in [1.29, 1.82) is 0 Å². The van der Waals surface area contributed by atoms with Crippen molar-refractivity contribution >= 4 is 12.1 Å². The van der Waals surface area contributed by atoms with Crippen LogP contribution in [0.2, 0.25) is 0 Å². The Kier molecular flexibility index (Phi) is 3.23. The molecule has 0 aliphatic carbocycles. The van der Waals surface area contributed by atoms with Crippen LogP contribution in [0.3, 0.4) is 0 Å². The fourth-order valence-electron chi connectivity index (χ4n) is 4.00. The van der Waals surface area contributed by atoms with E-state index in [9.17, 15) is 9.59 Å². The topological polar surface area (TPSA) is 76.7 Å². The Morgan fingerprint density at radius 3 is 1.80 bits per heavy atom. The van der Waals surface area contributed by atoms with E-state index in [2.05, 4.69) is 16.2 Å². The molecule has 0 bridgehead atoms. The Morgan fingerprint density at radius 2 is 1.24 bits per heavy atom. The number of likely N-dealkylation sites (N-methyl/N-ethyl adjacent to an activating group) is 2. The lowest BCUT2D eigenvalue weighted by molar-refractivity contribution is -0.0199. The Hall–Kier alpha value is -3.06. The molecule has 2 aromatic carbocycles. The summed E-state index contributed by atoms with van der Waals surface area (Å²) in [6.07, 6.45) is 0. The number of nitrogens with zero attached hydrogens (tertiary/aromatic N) is 2. The molecule has 4 rings (SSSR count). The van der Waals surface area contributed by atoms with Crippen molar-refractivity contribution in [2.24, 2.45) is 0 Å². The zero-order valence-electron chi connectivity index (χ0n) is 14.0. The van der Waals surface area contributed by atoms with E-state index in [1.54, 1.807) is 23.9 Å². The lowest BCUT2D eigenvalue weighted by atomic mass is 9.80. The van der Waals surface area contributed by atoms with E-state index >= 15 is 0 Å². The highest BCUT2D eigenvalue weighted by atomic mass is 16.2. The summed E-state index contributed by atoms with van der Waals surface area (Å²) in [4.78, 5) is 28.4. The number of amides is 4. The summed E-state index contributed by atoms with van der Waals surface area (Å²) in [6.45, 7) is 0. The van der Waals surface area contributed by atoms with Gasteiger partial charge < -0.3 is 5.32 Å². The second-order valence-corrected chi connectivity index (χ2v) is 6.26. The first-order valence-electron chi connectivity index (χ1n) is 8.02. The molecule has 2 atom stereocenters. The van der Waals surface area contributed by atoms with Crippen molar-refractivity contribution in [3.05, 3.63) is 71.8 Å². The van der Waals surface area contributed by atoms with Crippen LogP contribution < -0.4 is 16.2 Å². The number of hydrogen-bond acceptors (Lipinski definition) is 3. The number of hydrogen-bond donors (Lipinski definition) is 3. The summed E-state index contributed by atoms with van der Waals surface area (Å²) in [5.74, 6) is 0. The predicted molar refractivity (Wildman–Crippen MR) is 92.0 cm³/mol. The minimum atomic E-state index is -1.11. The summed E-state index contributed by atoms with van der Waals surface area (Å²) < 4.78 is 0. The van der Waals surface area contributed by atoms with Crippen molar-refractivity contribution in [3.63, 3.8) is 0 Å². The van der Waals surface area contributed by atoms with E-state index in [1.807, 2.05) is 60.7 Å². The Morgan fingerprint density at radius 1 is 0.760 bits per heavy atom. The first-order chi connectivity index (χ1) is 12.0. The number of urea groups is 2. The molecule has 128 valence electrons. The fraction of sp³-hybridized carbons (Fsp3) is 0.222. The van der Waals surface area contributed by atoms with Crippen LogP contribution in [-0.4, -0.2) is 36.0 Å². The molecule has 0 aromatic heterocycles.